The Morgan fingerprint density at radius 2 is 1.81 bits per heavy atom. The van der Waals surface area contributed by atoms with Crippen LogP contribution in [-0.2, 0) is 19.0 Å². The first-order valence-electron chi connectivity index (χ1n) is 10.2. The van der Waals surface area contributed by atoms with Gasteiger partial charge in [0.2, 0.25) is 0 Å². The predicted molar refractivity (Wildman–Crippen MR) is 112 cm³/mol. The van der Waals surface area contributed by atoms with Crippen molar-refractivity contribution in [2.24, 2.45) is 0 Å². The topological polar surface area (TPSA) is 65.1 Å². The van der Waals surface area contributed by atoms with Crippen LogP contribution in [-0.4, -0.2) is 65.1 Å². The monoisotopic (exact) mass is 455 g/mol. The summed E-state index contributed by atoms with van der Waals surface area (Å²) >= 11 is 1.18. The quantitative estimate of drug-likeness (QED) is 0.452. The maximum atomic E-state index is 16.0. The van der Waals surface area contributed by atoms with E-state index in [0.717, 1.165) is 4.90 Å². The van der Waals surface area contributed by atoms with Crippen molar-refractivity contribution in [1.29, 1.82) is 0 Å². The van der Waals surface area contributed by atoms with E-state index in [1.807, 2.05) is 6.07 Å². The van der Waals surface area contributed by atoms with E-state index in [2.05, 4.69) is 6.58 Å². The van der Waals surface area contributed by atoms with Gasteiger partial charge in [-0.3, -0.25) is 0 Å². The minimum Gasteiger partial charge on any atom is -0.463 e. The van der Waals surface area contributed by atoms with Crippen molar-refractivity contribution in [3.05, 3.63) is 42.5 Å². The summed E-state index contributed by atoms with van der Waals surface area (Å²) in [5.74, 6) is -5.18. The number of alkyl halides is 2. The molecule has 0 N–H and O–H groups in total. The smallest absolute Gasteiger partial charge is 0.411 e. The molecule has 2 fully saturated rings. The molecule has 2 saturated heterocycles. The third-order valence-electron chi connectivity index (χ3n) is 5.92. The summed E-state index contributed by atoms with van der Waals surface area (Å²) in [7, 11) is 0. The van der Waals surface area contributed by atoms with Crippen LogP contribution in [0.15, 0.2) is 47.4 Å². The fourth-order valence-electron chi connectivity index (χ4n) is 4.16. The molecule has 170 valence electrons. The first kappa shape index (κ1) is 23.5. The van der Waals surface area contributed by atoms with Crippen LogP contribution in [0, 0.1) is 0 Å². The number of benzene rings is 1. The van der Waals surface area contributed by atoms with Crippen molar-refractivity contribution in [2.75, 3.05) is 19.7 Å². The van der Waals surface area contributed by atoms with Gasteiger partial charge < -0.3 is 19.1 Å². The van der Waals surface area contributed by atoms with Gasteiger partial charge >= 0.3 is 23.6 Å². The van der Waals surface area contributed by atoms with Gasteiger partial charge in [0.05, 0.1) is 11.9 Å². The molecule has 31 heavy (non-hydrogen) atoms. The summed E-state index contributed by atoms with van der Waals surface area (Å²) < 4.78 is 48.0. The Bertz CT molecular complexity index is 863. The van der Waals surface area contributed by atoms with Gasteiger partial charge in [-0.05, 0) is 45.4 Å². The van der Waals surface area contributed by atoms with Crippen LogP contribution < -0.4 is 0 Å². The highest BCUT2D eigenvalue weighted by atomic mass is 32.2. The molecular weight excluding hydrogens is 428 g/mol. The maximum absolute atomic E-state index is 16.0. The first-order chi connectivity index (χ1) is 14.6. The maximum Gasteiger partial charge on any atom is 0.411 e. The lowest BCUT2D eigenvalue weighted by molar-refractivity contribution is -0.218. The van der Waals surface area contributed by atoms with E-state index >= 15 is 8.78 Å². The predicted octanol–water partition coefficient (Wildman–Crippen LogP) is 4.29. The van der Waals surface area contributed by atoms with Crippen LogP contribution in [0.5, 0.6) is 0 Å². The largest absolute Gasteiger partial charge is 0.463 e. The normalized spacial score (nSPS) is 30.8. The molecule has 1 aromatic carbocycles. The van der Waals surface area contributed by atoms with E-state index in [0.29, 0.717) is 0 Å². The third kappa shape index (κ3) is 3.33. The fourth-order valence-corrected chi connectivity index (χ4v) is 5.49. The number of fused-ring (bicyclic) bond motifs is 2. The number of ether oxygens (including phenoxy) is 3. The lowest BCUT2D eigenvalue weighted by Crippen LogP contribution is -2.71. The molecule has 6 nitrogen and oxygen atoms in total. The summed E-state index contributed by atoms with van der Waals surface area (Å²) in [5.41, 5.74) is -4.67. The minimum absolute atomic E-state index is 0.158. The molecule has 1 amide bonds. The molecule has 2 bridgehead atoms. The Labute approximate surface area is 184 Å². The molecule has 4 atom stereocenters. The van der Waals surface area contributed by atoms with Gasteiger partial charge in [0.15, 0.2) is 0 Å². The average Bonchev–Trinajstić information content (AvgIpc) is 3.09. The molecule has 0 spiro atoms. The van der Waals surface area contributed by atoms with Crippen molar-refractivity contribution >= 4 is 23.8 Å². The lowest BCUT2D eigenvalue weighted by Gasteiger charge is -2.45. The highest BCUT2D eigenvalue weighted by Crippen LogP contribution is 2.65. The van der Waals surface area contributed by atoms with Crippen molar-refractivity contribution in [2.45, 2.75) is 61.1 Å². The summed E-state index contributed by atoms with van der Waals surface area (Å²) in [4.78, 5) is 27.7. The third-order valence-corrected chi connectivity index (χ3v) is 7.25. The summed E-state index contributed by atoms with van der Waals surface area (Å²) in [6.45, 7) is 10.5. The molecule has 3 rings (SSSR count). The average molecular weight is 456 g/mol. The van der Waals surface area contributed by atoms with E-state index in [4.69, 9.17) is 14.2 Å². The van der Waals surface area contributed by atoms with Crippen LogP contribution >= 0.6 is 11.8 Å². The van der Waals surface area contributed by atoms with Crippen LogP contribution in [0.25, 0.3) is 0 Å². The van der Waals surface area contributed by atoms with Crippen molar-refractivity contribution in [1.82, 2.24) is 4.90 Å². The van der Waals surface area contributed by atoms with Crippen LogP contribution in [0.4, 0.5) is 13.6 Å². The van der Waals surface area contributed by atoms with E-state index in [-0.39, 0.29) is 25.3 Å². The second kappa shape index (κ2) is 8.43. The second-order valence-corrected chi connectivity index (χ2v) is 8.73. The van der Waals surface area contributed by atoms with E-state index in [9.17, 15) is 9.59 Å². The summed E-state index contributed by atoms with van der Waals surface area (Å²) in [5, 5.41) is -0.836. The first-order valence-corrected chi connectivity index (χ1v) is 11.1. The van der Waals surface area contributed by atoms with Crippen LogP contribution in [0.3, 0.4) is 0 Å². The molecule has 2 aliphatic rings. The van der Waals surface area contributed by atoms with Crippen molar-refractivity contribution in [3.8, 4) is 0 Å². The number of amides is 1. The van der Waals surface area contributed by atoms with Crippen LogP contribution in [0.2, 0.25) is 0 Å². The number of halogens is 2. The van der Waals surface area contributed by atoms with E-state index < -0.39 is 40.5 Å². The SMILES string of the molecule is C=C1[C@@H](Sc2ccccc2)[C@H]2O[C@]1(C)[C@](OC(=O)N(CC)CC)(C(=O)OCC)C2(F)F. The molecule has 0 unspecified atom stereocenters. The highest BCUT2D eigenvalue weighted by molar-refractivity contribution is 8.00. The number of carbonyl (C=O) groups is 2. The molecule has 2 heterocycles. The molecular formula is C22H27F2NO5S. The van der Waals surface area contributed by atoms with E-state index in [1.165, 1.54) is 30.5 Å². The zero-order chi connectivity index (χ0) is 23.0. The Balaban J connectivity index is 2.06. The Hall–Kier alpha value is -2.13. The van der Waals surface area contributed by atoms with Gasteiger partial charge in [-0.2, -0.15) is 8.78 Å². The number of nitrogens with zero attached hydrogens (tertiary/aromatic N) is 1. The molecule has 0 aromatic heterocycles. The Morgan fingerprint density at radius 3 is 2.35 bits per heavy atom. The lowest BCUT2D eigenvalue weighted by atomic mass is 9.70. The summed E-state index contributed by atoms with van der Waals surface area (Å²) in [6.07, 6.45) is -2.75. The Morgan fingerprint density at radius 1 is 1.19 bits per heavy atom. The van der Waals surface area contributed by atoms with Gasteiger partial charge in [-0.1, -0.05) is 24.8 Å². The molecule has 0 aliphatic carbocycles. The van der Waals surface area contributed by atoms with Gasteiger partial charge in [0.25, 0.3) is 0 Å². The second-order valence-electron chi connectivity index (χ2n) is 7.51. The van der Waals surface area contributed by atoms with Gasteiger partial charge in [-0.25, -0.2) is 9.59 Å². The number of thioether (sulfide) groups is 1. The standard InChI is InChI=1S/C22H27F2NO5S/c1-6-25(7-2)19(27)30-21(18(26)28-8-3)20(5)14(4)16(17(29-20)22(21,23)24)31-15-12-10-9-11-13-15/h9-13,16-17H,4,6-8H2,1-3,5H3/t16-,17-,20+,21-/m1/s1. The van der Waals surface area contributed by atoms with Gasteiger partial charge in [-0.15, -0.1) is 11.8 Å². The Kier molecular flexibility index (Phi) is 6.40. The van der Waals surface area contributed by atoms with Crippen LogP contribution in [0.1, 0.15) is 27.7 Å². The van der Waals surface area contributed by atoms with E-state index in [1.54, 1.807) is 38.1 Å². The number of rotatable bonds is 7. The molecule has 1 aromatic rings. The van der Waals surface area contributed by atoms with Gasteiger partial charge in [0, 0.05) is 18.0 Å². The molecule has 9 heteroatoms. The zero-order valence-corrected chi connectivity index (χ0v) is 18.8. The number of hydrogen-bond donors (Lipinski definition) is 0. The minimum atomic E-state index is -3.84. The molecule has 2 aliphatic heterocycles. The van der Waals surface area contributed by atoms with Crippen molar-refractivity contribution in [3.63, 3.8) is 0 Å². The fraction of sp³-hybridized carbons (Fsp3) is 0.545. The zero-order valence-electron chi connectivity index (χ0n) is 18.0. The van der Waals surface area contributed by atoms with Crippen molar-refractivity contribution < 1.29 is 32.6 Å². The van der Waals surface area contributed by atoms with Gasteiger partial charge in [0.1, 0.15) is 11.7 Å². The number of hydrogen-bond acceptors (Lipinski definition) is 6. The number of esters is 1. The molecule has 0 saturated carbocycles. The molecule has 0 radical (unpaired) electrons. The number of carbonyl (C=O) groups excluding carboxylic acids is 2. The highest BCUT2D eigenvalue weighted by Gasteiger charge is 2.88. The summed E-state index contributed by atoms with van der Waals surface area (Å²) in [6, 6.07) is 9.01.